The Hall–Kier alpha value is -3.02. The topological polar surface area (TPSA) is 166 Å². The van der Waals surface area contributed by atoms with E-state index in [0.29, 0.717) is 18.5 Å². The van der Waals surface area contributed by atoms with E-state index in [1.54, 1.807) is 0 Å². The van der Waals surface area contributed by atoms with Gasteiger partial charge in [0.25, 0.3) is 5.69 Å². The molecule has 1 aromatic carbocycles. The van der Waals surface area contributed by atoms with Crippen LogP contribution in [0.1, 0.15) is 39.7 Å². The van der Waals surface area contributed by atoms with Gasteiger partial charge < -0.3 is 21.5 Å². The zero-order chi connectivity index (χ0) is 24.4. The molecular weight excluding hydrogens is 436 g/mol. The van der Waals surface area contributed by atoms with Crippen molar-refractivity contribution in [2.75, 3.05) is 6.54 Å². The van der Waals surface area contributed by atoms with E-state index < -0.39 is 17.1 Å². The van der Waals surface area contributed by atoms with E-state index in [1.807, 2.05) is 27.7 Å². The van der Waals surface area contributed by atoms with Crippen LogP contribution in [0.4, 0.5) is 10.5 Å². The zero-order valence-corrected chi connectivity index (χ0v) is 19.6. The summed E-state index contributed by atoms with van der Waals surface area (Å²) in [6, 6.07) is 5.34. The average Bonchev–Trinajstić information content (AvgIpc) is 3.07. The second-order valence-corrected chi connectivity index (χ2v) is 8.58. The second kappa shape index (κ2) is 12.7. The molecule has 1 fully saturated rings. The number of ether oxygens (including phenoxy) is 1. The maximum atomic E-state index is 12.3. The van der Waals surface area contributed by atoms with Gasteiger partial charge in [0.1, 0.15) is 12.6 Å². The average molecular weight is 469 g/mol. The summed E-state index contributed by atoms with van der Waals surface area (Å²) in [5.41, 5.74) is 10.6. The van der Waals surface area contributed by atoms with Gasteiger partial charge in [-0.25, -0.2) is 4.79 Å². The third-order valence-electron chi connectivity index (χ3n) is 4.16. The lowest BCUT2D eigenvalue weighted by atomic mass is 10.2. The number of rotatable bonds is 6. The molecule has 1 aliphatic heterocycles. The third kappa shape index (κ3) is 9.41. The summed E-state index contributed by atoms with van der Waals surface area (Å²) in [5.74, 6) is -0.0613. The maximum absolute atomic E-state index is 12.3. The number of guanidine groups is 1. The Labute approximate surface area is 193 Å². The van der Waals surface area contributed by atoms with Crippen LogP contribution in [0.3, 0.4) is 0 Å². The van der Waals surface area contributed by atoms with Gasteiger partial charge in [-0.1, -0.05) is 0 Å². The van der Waals surface area contributed by atoms with E-state index in [2.05, 4.69) is 22.9 Å². The largest absolute Gasteiger partial charge is 0.445 e. The number of nitrogens with one attached hydrogen (secondary N) is 1. The van der Waals surface area contributed by atoms with Gasteiger partial charge in [-0.05, 0) is 51.8 Å². The Kier molecular flexibility index (Phi) is 10.8. The molecule has 2 atom stereocenters. The summed E-state index contributed by atoms with van der Waals surface area (Å²) in [4.78, 5) is 39.8. The highest BCUT2D eigenvalue weighted by Crippen LogP contribution is 2.23. The number of nitro benzene ring substituents is 1. The molecule has 178 valence electrons. The molecule has 0 saturated carbocycles. The lowest BCUT2D eigenvalue weighted by Crippen LogP contribution is -2.47. The Bertz CT molecular complexity index is 811. The van der Waals surface area contributed by atoms with Gasteiger partial charge in [-0.15, -0.1) is 0 Å². The van der Waals surface area contributed by atoms with Crippen molar-refractivity contribution in [2.24, 2.45) is 16.5 Å². The summed E-state index contributed by atoms with van der Waals surface area (Å²) < 4.78 is 5.25. The van der Waals surface area contributed by atoms with Gasteiger partial charge in [0, 0.05) is 36.0 Å². The number of carbonyl (C=O) groups excluding carboxylic acids is 2. The summed E-state index contributed by atoms with van der Waals surface area (Å²) in [6.45, 7) is 7.84. The monoisotopic (exact) mass is 468 g/mol. The fraction of sp³-hybridized carbons (Fsp3) is 0.550. The number of nitrogens with zero attached hydrogens (tertiary/aromatic N) is 3. The van der Waals surface area contributed by atoms with Crippen LogP contribution in [0.15, 0.2) is 29.3 Å². The van der Waals surface area contributed by atoms with Gasteiger partial charge in [0.15, 0.2) is 5.96 Å². The molecule has 2 amide bonds. The number of hydrogen-bond donors (Lipinski definition) is 4. The van der Waals surface area contributed by atoms with Crippen molar-refractivity contribution in [1.29, 1.82) is 0 Å². The molecule has 5 N–H and O–H groups in total. The molecule has 11 nitrogen and oxygen atoms in total. The van der Waals surface area contributed by atoms with E-state index in [4.69, 9.17) is 16.2 Å². The van der Waals surface area contributed by atoms with Crippen LogP contribution in [0, 0.1) is 10.1 Å². The number of amides is 2. The van der Waals surface area contributed by atoms with Crippen LogP contribution in [0.25, 0.3) is 0 Å². The molecule has 0 unspecified atom stereocenters. The minimum absolute atomic E-state index is 0.0237. The van der Waals surface area contributed by atoms with Crippen molar-refractivity contribution < 1.29 is 19.2 Å². The molecule has 1 saturated heterocycles. The smallest absolute Gasteiger partial charge is 0.410 e. The Morgan fingerprint density at radius 3 is 2.31 bits per heavy atom. The molecule has 1 aliphatic rings. The lowest BCUT2D eigenvalue weighted by Gasteiger charge is -2.24. The number of hydrogen-bond acceptors (Lipinski definition) is 7. The molecule has 32 heavy (non-hydrogen) atoms. The quantitative estimate of drug-likeness (QED) is 0.162. The van der Waals surface area contributed by atoms with E-state index in [0.717, 1.165) is 0 Å². The fourth-order valence-corrected chi connectivity index (χ4v) is 3.26. The number of thiol groups is 1. The van der Waals surface area contributed by atoms with Gasteiger partial charge >= 0.3 is 6.09 Å². The molecule has 0 aliphatic carbocycles. The standard InChI is InChI=1S/C16H21N3O5S.C4H11N3/c1-10(2)17-15(20)14-7-13(25)8-18(14)16(21)24-9-11-3-5-12(6-4-11)19(22)23;1-3(2)7-4(5)6/h3-6,10,13-14,25H,7-9H2,1-2H3,(H,17,20);3H,1-2H3,(H4,5,6,7)/t13-,14-;/m0./s1. The van der Waals surface area contributed by atoms with E-state index in [1.165, 1.54) is 29.2 Å². The minimum atomic E-state index is -0.603. The van der Waals surface area contributed by atoms with Gasteiger partial charge in [-0.3, -0.25) is 24.8 Å². The normalized spacial score (nSPS) is 17.4. The highest BCUT2D eigenvalue weighted by molar-refractivity contribution is 7.81. The van der Waals surface area contributed by atoms with Crippen molar-refractivity contribution in [3.8, 4) is 0 Å². The first kappa shape index (κ1) is 27.0. The summed E-state index contributed by atoms with van der Waals surface area (Å²) >= 11 is 4.37. The van der Waals surface area contributed by atoms with Crippen LogP contribution in [-0.4, -0.2) is 57.7 Å². The summed E-state index contributed by atoms with van der Waals surface area (Å²) in [5, 5.41) is 13.3. The highest BCUT2D eigenvalue weighted by Gasteiger charge is 2.39. The van der Waals surface area contributed by atoms with Crippen LogP contribution in [-0.2, 0) is 16.1 Å². The number of nitro groups is 1. The van der Waals surface area contributed by atoms with Crippen molar-refractivity contribution in [1.82, 2.24) is 10.2 Å². The van der Waals surface area contributed by atoms with Crippen LogP contribution >= 0.6 is 12.6 Å². The second-order valence-electron chi connectivity index (χ2n) is 7.85. The SMILES string of the molecule is CC(C)N=C(N)N.CC(C)NC(=O)[C@@H]1C[C@H](S)CN1C(=O)OCc1ccc([N+](=O)[O-])cc1. The molecular formula is C20H32N6O5S. The number of benzene rings is 1. The maximum Gasteiger partial charge on any atom is 0.410 e. The number of likely N-dealkylation sites (tertiary alicyclic amines) is 1. The fourth-order valence-electron chi connectivity index (χ4n) is 2.88. The zero-order valence-electron chi connectivity index (χ0n) is 18.7. The number of nitrogens with two attached hydrogens (primary N) is 2. The Morgan fingerprint density at radius 2 is 1.88 bits per heavy atom. The van der Waals surface area contributed by atoms with Gasteiger partial charge in [0.05, 0.1) is 4.92 Å². The molecule has 0 bridgehead atoms. The van der Waals surface area contributed by atoms with Crippen LogP contribution < -0.4 is 16.8 Å². The molecule has 0 spiro atoms. The molecule has 2 rings (SSSR count). The van der Waals surface area contributed by atoms with Crippen molar-refractivity contribution in [3.05, 3.63) is 39.9 Å². The van der Waals surface area contributed by atoms with Crippen LogP contribution in [0.2, 0.25) is 0 Å². The van der Waals surface area contributed by atoms with Gasteiger partial charge in [-0.2, -0.15) is 12.6 Å². The van der Waals surface area contributed by atoms with Crippen molar-refractivity contribution in [3.63, 3.8) is 0 Å². The summed E-state index contributed by atoms with van der Waals surface area (Å²) in [7, 11) is 0. The predicted octanol–water partition coefficient (Wildman–Crippen LogP) is 1.80. The first-order valence-electron chi connectivity index (χ1n) is 10.1. The Balaban J connectivity index is 0.000000633. The van der Waals surface area contributed by atoms with Gasteiger partial charge in [0.2, 0.25) is 5.91 Å². The third-order valence-corrected chi connectivity index (χ3v) is 4.54. The van der Waals surface area contributed by atoms with E-state index >= 15 is 0 Å². The van der Waals surface area contributed by atoms with Crippen molar-refractivity contribution >= 4 is 36.3 Å². The summed E-state index contributed by atoms with van der Waals surface area (Å²) in [6.07, 6.45) is -0.132. The minimum Gasteiger partial charge on any atom is -0.445 e. The first-order valence-corrected chi connectivity index (χ1v) is 10.7. The number of non-ortho nitro benzene ring substituents is 1. The van der Waals surface area contributed by atoms with E-state index in [9.17, 15) is 19.7 Å². The van der Waals surface area contributed by atoms with E-state index in [-0.39, 0.29) is 41.5 Å². The predicted molar refractivity (Wildman–Crippen MR) is 125 cm³/mol. The number of aliphatic imine (C=N–C) groups is 1. The number of carbonyl (C=O) groups is 2. The highest BCUT2D eigenvalue weighted by atomic mass is 32.1. The molecule has 0 aromatic heterocycles. The van der Waals surface area contributed by atoms with Crippen LogP contribution in [0.5, 0.6) is 0 Å². The first-order chi connectivity index (χ1) is 14.9. The molecule has 1 heterocycles. The lowest BCUT2D eigenvalue weighted by molar-refractivity contribution is -0.384. The van der Waals surface area contributed by atoms with Crippen molar-refractivity contribution in [2.45, 2.75) is 64.1 Å². The molecule has 1 aromatic rings. The Morgan fingerprint density at radius 1 is 1.28 bits per heavy atom. The molecule has 12 heteroatoms. The molecule has 0 radical (unpaired) electrons.